The Hall–Kier alpha value is -3.16. The van der Waals surface area contributed by atoms with Crippen molar-refractivity contribution in [3.8, 4) is 17.4 Å². The fourth-order valence-electron chi connectivity index (χ4n) is 2.85. The summed E-state index contributed by atoms with van der Waals surface area (Å²) in [6.07, 6.45) is 2.71. The molecule has 0 saturated carbocycles. The molecule has 2 aromatic heterocycles. The summed E-state index contributed by atoms with van der Waals surface area (Å²) in [6.45, 7) is 3.55. The van der Waals surface area contributed by atoms with Crippen LogP contribution in [0.15, 0.2) is 40.8 Å². The van der Waals surface area contributed by atoms with Gasteiger partial charge >= 0.3 is 5.97 Å². The Morgan fingerprint density at radius 3 is 2.76 bits per heavy atom. The van der Waals surface area contributed by atoms with Crippen molar-refractivity contribution in [3.05, 3.63) is 68.2 Å². The summed E-state index contributed by atoms with van der Waals surface area (Å²) in [6, 6.07) is 10.6. The number of hydrogen-bond donors (Lipinski definition) is 2. The minimum Gasteiger partial charge on any atom is -0.462 e. The van der Waals surface area contributed by atoms with Gasteiger partial charge in [-0.05, 0) is 62.0 Å². The maximum atomic E-state index is 12.3. The number of benzene rings is 1. The van der Waals surface area contributed by atoms with Crippen molar-refractivity contribution in [2.45, 2.75) is 13.8 Å². The first-order chi connectivity index (χ1) is 16.2. The molecular formula is C23H17Cl2N3O4S2. The van der Waals surface area contributed by atoms with Crippen molar-refractivity contribution in [3.63, 3.8) is 0 Å². The summed E-state index contributed by atoms with van der Waals surface area (Å²) < 4.78 is 10.7. The van der Waals surface area contributed by atoms with Gasteiger partial charge in [0.05, 0.1) is 22.2 Å². The van der Waals surface area contributed by atoms with Crippen LogP contribution < -0.4 is 10.6 Å². The predicted octanol–water partition coefficient (Wildman–Crippen LogP) is 6.20. The van der Waals surface area contributed by atoms with Crippen LogP contribution in [-0.2, 0) is 9.53 Å². The molecule has 0 aliphatic carbocycles. The lowest BCUT2D eigenvalue weighted by atomic mass is 10.2. The number of amides is 1. The normalized spacial score (nSPS) is 10.7. The van der Waals surface area contributed by atoms with E-state index in [2.05, 4.69) is 10.6 Å². The van der Waals surface area contributed by atoms with Gasteiger partial charge in [-0.25, -0.2) is 4.79 Å². The molecule has 11 heteroatoms. The molecule has 0 aliphatic heterocycles. The molecule has 0 saturated heterocycles. The van der Waals surface area contributed by atoms with Crippen LogP contribution in [0.4, 0.5) is 5.00 Å². The molecule has 174 valence electrons. The molecule has 0 bridgehead atoms. The molecule has 2 heterocycles. The minimum atomic E-state index is -0.524. The molecule has 0 atom stereocenters. The standard InChI is InChI=1S/C23H17Cl2N3O4S2/c1-3-31-22(30)20-12(2)15(11-26)21(34-20)28-23(33)27-18(29)10-8-13-7-9-17(32-13)14-5-4-6-16(24)19(14)25/h4-10H,3H2,1-2H3,(H2,27,28,29,33). The van der Waals surface area contributed by atoms with Crippen LogP contribution in [0.1, 0.15) is 33.5 Å². The van der Waals surface area contributed by atoms with Crippen LogP contribution in [0.3, 0.4) is 0 Å². The van der Waals surface area contributed by atoms with Crippen LogP contribution in [0.5, 0.6) is 0 Å². The van der Waals surface area contributed by atoms with Gasteiger partial charge in [0.15, 0.2) is 5.11 Å². The first kappa shape index (κ1) is 25.5. The third-order valence-corrected chi connectivity index (χ3v) is 6.64. The predicted molar refractivity (Wildman–Crippen MR) is 137 cm³/mol. The van der Waals surface area contributed by atoms with Crippen LogP contribution in [0.25, 0.3) is 17.4 Å². The number of carbonyl (C=O) groups is 2. The molecule has 0 spiro atoms. The lowest BCUT2D eigenvalue weighted by Crippen LogP contribution is -2.32. The van der Waals surface area contributed by atoms with E-state index < -0.39 is 11.9 Å². The Morgan fingerprint density at radius 1 is 1.29 bits per heavy atom. The number of furan rings is 1. The molecule has 1 aromatic carbocycles. The number of thiophene rings is 1. The lowest BCUT2D eigenvalue weighted by Gasteiger charge is -2.06. The van der Waals surface area contributed by atoms with E-state index >= 15 is 0 Å². The number of ether oxygens (including phenoxy) is 1. The average molecular weight is 534 g/mol. The number of halogens is 2. The highest BCUT2D eigenvalue weighted by Gasteiger charge is 2.21. The van der Waals surface area contributed by atoms with Gasteiger partial charge in [-0.2, -0.15) is 5.26 Å². The van der Waals surface area contributed by atoms with E-state index in [0.717, 1.165) is 11.3 Å². The van der Waals surface area contributed by atoms with Gasteiger partial charge in [-0.3, -0.25) is 10.1 Å². The second-order valence-electron chi connectivity index (χ2n) is 6.67. The Labute approximate surface area is 214 Å². The summed E-state index contributed by atoms with van der Waals surface area (Å²) >= 11 is 18.4. The van der Waals surface area contributed by atoms with Gasteiger partial charge in [0.2, 0.25) is 5.91 Å². The molecule has 3 rings (SSSR count). The maximum absolute atomic E-state index is 12.3. The van der Waals surface area contributed by atoms with Crippen molar-refractivity contribution in [1.82, 2.24) is 5.32 Å². The largest absolute Gasteiger partial charge is 0.462 e. The number of thiocarbonyl (C=S) groups is 1. The van der Waals surface area contributed by atoms with Crippen LogP contribution >= 0.6 is 46.8 Å². The van der Waals surface area contributed by atoms with Crippen LogP contribution in [0, 0.1) is 18.3 Å². The van der Waals surface area contributed by atoms with E-state index in [-0.39, 0.29) is 17.3 Å². The van der Waals surface area contributed by atoms with Crippen molar-refractivity contribution in [1.29, 1.82) is 5.26 Å². The summed E-state index contributed by atoms with van der Waals surface area (Å²) in [5.74, 6) is -0.128. The molecule has 7 nitrogen and oxygen atoms in total. The Bertz CT molecular complexity index is 1340. The van der Waals surface area contributed by atoms with E-state index in [4.69, 9.17) is 44.6 Å². The Morgan fingerprint density at radius 2 is 2.06 bits per heavy atom. The smallest absolute Gasteiger partial charge is 0.348 e. The number of nitrogens with zero attached hydrogens (tertiary/aromatic N) is 1. The van der Waals surface area contributed by atoms with E-state index in [1.165, 1.54) is 12.2 Å². The zero-order valence-electron chi connectivity index (χ0n) is 17.9. The molecule has 1 amide bonds. The van der Waals surface area contributed by atoms with E-state index in [0.29, 0.717) is 42.6 Å². The summed E-state index contributed by atoms with van der Waals surface area (Å²) in [5, 5.41) is 15.8. The monoisotopic (exact) mass is 533 g/mol. The van der Waals surface area contributed by atoms with Gasteiger partial charge in [0.25, 0.3) is 0 Å². The number of hydrogen-bond acceptors (Lipinski definition) is 7. The van der Waals surface area contributed by atoms with E-state index in [1.807, 2.05) is 6.07 Å². The Kier molecular flexibility index (Phi) is 8.47. The van der Waals surface area contributed by atoms with Crippen molar-refractivity contribution >= 4 is 74.8 Å². The topological polar surface area (TPSA) is 104 Å². The first-order valence-corrected chi connectivity index (χ1v) is 11.8. The molecule has 0 aliphatic rings. The quantitative estimate of drug-likeness (QED) is 0.221. The molecule has 3 aromatic rings. The fraction of sp³-hybridized carbons (Fsp3) is 0.130. The summed E-state index contributed by atoms with van der Waals surface area (Å²) in [4.78, 5) is 24.6. The zero-order chi connectivity index (χ0) is 24.8. The zero-order valence-corrected chi connectivity index (χ0v) is 21.0. The van der Waals surface area contributed by atoms with Crippen molar-refractivity contribution < 1.29 is 18.7 Å². The second-order valence-corrected chi connectivity index (χ2v) is 8.89. The Balaban J connectivity index is 1.65. The minimum absolute atomic E-state index is 0.0337. The summed E-state index contributed by atoms with van der Waals surface area (Å²) in [7, 11) is 0. The number of nitriles is 1. The molecular weight excluding hydrogens is 517 g/mol. The van der Waals surface area contributed by atoms with E-state index in [1.54, 1.807) is 44.2 Å². The third-order valence-electron chi connectivity index (χ3n) is 4.43. The average Bonchev–Trinajstić information content (AvgIpc) is 3.38. The molecule has 0 radical (unpaired) electrons. The van der Waals surface area contributed by atoms with Crippen molar-refractivity contribution in [2.24, 2.45) is 0 Å². The van der Waals surface area contributed by atoms with Gasteiger partial charge in [-0.1, -0.05) is 29.3 Å². The number of nitrogens with one attached hydrogen (secondary N) is 2. The SMILES string of the molecule is CCOC(=O)c1sc(NC(=S)NC(=O)C=Cc2ccc(-c3cccc(Cl)c3Cl)o2)c(C#N)c1C. The molecule has 0 fully saturated rings. The highest BCUT2D eigenvalue weighted by atomic mass is 35.5. The van der Waals surface area contributed by atoms with E-state index in [9.17, 15) is 14.9 Å². The van der Waals surface area contributed by atoms with Gasteiger partial charge in [-0.15, -0.1) is 11.3 Å². The van der Waals surface area contributed by atoms with Crippen molar-refractivity contribution in [2.75, 3.05) is 11.9 Å². The number of rotatable bonds is 6. The number of esters is 1. The molecule has 2 N–H and O–H groups in total. The van der Waals surface area contributed by atoms with Crippen LogP contribution in [0.2, 0.25) is 10.0 Å². The summed E-state index contributed by atoms with van der Waals surface area (Å²) in [5.41, 5.74) is 1.37. The molecule has 34 heavy (non-hydrogen) atoms. The first-order valence-electron chi connectivity index (χ1n) is 9.80. The number of anilines is 1. The van der Waals surface area contributed by atoms with Gasteiger partial charge in [0.1, 0.15) is 27.5 Å². The maximum Gasteiger partial charge on any atom is 0.348 e. The van der Waals surface area contributed by atoms with Gasteiger partial charge in [0, 0.05) is 11.6 Å². The fourth-order valence-corrected chi connectivity index (χ4v) is 4.57. The molecule has 0 unspecified atom stereocenters. The highest BCUT2D eigenvalue weighted by molar-refractivity contribution is 7.80. The number of carbonyl (C=O) groups excluding carboxylic acids is 2. The van der Waals surface area contributed by atoms with Crippen LogP contribution in [-0.4, -0.2) is 23.6 Å². The lowest BCUT2D eigenvalue weighted by molar-refractivity contribution is -0.115. The van der Waals surface area contributed by atoms with Gasteiger partial charge < -0.3 is 14.5 Å². The second kappa shape index (κ2) is 11.3. The third kappa shape index (κ3) is 5.85. The highest BCUT2D eigenvalue weighted by Crippen LogP contribution is 2.35.